The minimum Gasteiger partial charge on any atom is -0.360 e. The monoisotopic (exact) mass is 335 g/mol. The van der Waals surface area contributed by atoms with Gasteiger partial charge in [0.05, 0.1) is 5.69 Å². The van der Waals surface area contributed by atoms with Crippen LogP contribution in [0.1, 0.15) is 5.56 Å². The number of carbonyl (C=O) groups excluding carboxylic acids is 1. The van der Waals surface area contributed by atoms with Crippen LogP contribution < -0.4 is 15.4 Å². The average Bonchev–Trinajstić information content (AvgIpc) is 2.48. The minimum atomic E-state index is -3.90. The van der Waals surface area contributed by atoms with Crippen LogP contribution in [-0.4, -0.2) is 20.5 Å². The Hall–Kier alpha value is -2.45. The minimum absolute atomic E-state index is 0.0497. The van der Waals surface area contributed by atoms with Gasteiger partial charge in [-0.05, 0) is 36.8 Å². The molecule has 1 heterocycles. The fraction of sp³-hybridized carbons (Fsp3) is 0.133. The van der Waals surface area contributed by atoms with E-state index in [1.807, 2.05) is 19.1 Å². The standard InChI is InChI=1S/C15H14FN3O3S/c1-9-4-2-3-5-11(9)18-15(20)14-17-12-8-10(16)6-7-13(12)23(21,22)19-14/h2-8,14,17,19H,1H3,(H,18,20). The van der Waals surface area contributed by atoms with Crippen molar-refractivity contribution < 1.29 is 17.6 Å². The molecule has 120 valence electrons. The molecule has 2 aromatic rings. The molecule has 0 saturated carbocycles. The van der Waals surface area contributed by atoms with E-state index in [0.717, 1.165) is 23.8 Å². The van der Waals surface area contributed by atoms with Crippen molar-refractivity contribution in [1.82, 2.24) is 4.72 Å². The Bertz CT molecular complexity index is 883. The second kappa shape index (κ2) is 5.64. The fourth-order valence-corrected chi connectivity index (χ4v) is 3.55. The first kappa shape index (κ1) is 15.4. The molecular weight excluding hydrogens is 321 g/mol. The van der Waals surface area contributed by atoms with Gasteiger partial charge in [0.15, 0.2) is 6.17 Å². The number of fused-ring (bicyclic) bond motifs is 1. The lowest BCUT2D eigenvalue weighted by Gasteiger charge is -2.27. The number of anilines is 2. The topological polar surface area (TPSA) is 87.3 Å². The van der Waals surface area contributed by atoms with E-state index < -0.39 is 27.9 Å². The number of hydrogen-bond acceptors (Lipinski definition) is 4. The first-order valence-corrected chi connectivity index (χ1v) is 8.30. The first-order chi connectivity index (χ1) is 10.9. The molecule has 0 radical (unpaired) electrons. The van der Waals surface area contributed by atoms with E-state index in [4.69, 9.17) is 0 Å². The molecule has 1 aliphatic rings. The molecule has 3 rings (SSSR count). The Morgan fingerprint density at radius 1 is 1.22 bits per heavy atom. The van der Waals surface area contributed by atoms with Crippen LogP contribution in [0.25, 0.3) is 0 Å². The maximum Gasteiger partial charge on any atom is 0.262 e. The summed E-state index contributed by atoms with van der Waals surface area (Å²) in [5.74, 6) is -1.18. The molecule has 3 N–H and O–H groups in total. The lowest BCUT2D eigenvalue weighted by Crippen LogP contribution is -2.51. The SMILES string of the molecule is Cc1ccccc1NC(=O)C1Nc2cc(F)ccc2S(=O)(=O)N1. The van der Waals surface area contributed by atoms with Crippen LogP contribution in [-0.2, 0) is 14.8 Å². The second-order valence-corrected chi connectivity index (χ2v) is 6.83. The summed E-state index contributed by atoms with van der Waals surface area (Å²) in [7, 11) is -3.90. The van der Waals surface area contributed by atoms with Gasteiger partial charge in [0, 0.05) is 5.69 Å². The molecule has 0 saturated heterocycles. The zero-order valence-electron chi connectivity index (χ0n) is 12.1. The van der Waals surface area contributed by atoms with Crippen molar-refractivity contribution in [1.29, 1.82) is 0 Å². The first-order valence-electron chi connectivity index (χ1n) is 6.82. The maximum atomic E-state index is 13.3. The van der Waals surface area contributed by atoms with Gasteiger partial charge in [-0.25, -0.2) is 12.8 Å². The number of aryl methyl sites for hydroxylation is 1. The van der Waals surface area contributed by atoms with Crippen molar-refractivity contribution >= 4 is 27.3 Å². The molecule has 8 heteroatoms. The van der Waals surface area contributed by atoms with Gasteiger partial charge in [0.1, 0.15) is 10.7 Å². The van der Waals surface area contributed by atoms with Gasteiger partial charge in [-0.2, -0.15) is 4.72 Å². The summed E-state index contributed by atoms with van der Waals surface area (Å²) in [6, 6.07) is 10.3. The summed E-state index contributed by atoms with van der Waals surface area (Å²) in [6.45, 7) is 1.82. The average molecular weight is 335 g/mol. The molecule has 0 bridgehead atoms. The molecule has 1 aliphatic heterocycles. The molecule has 0 aromatic heterocycles. The summed E-state index contributed by atoms with van der Waals surface area (Å²) in [5, 5.41) is 5.33. The van der Waals surface area contributed by atoms with E-state index >= 15 is 0 Å². The third-order valence-electron chi connectivity index (χ3n) is 3.47. The smallest absolute Gasteiger partial charge is 0.262 e. The number of benzene rings is 2. The Morgan fingerprint density at radius 3 is 2.70 bits per heavy atom. The summed E-state index contributed by atoms with van der Waals surface area (Å²) in [4.78, 5) is 12.2. The van der Waals surface area contributed by atoms with Gasteiger partial charge >= 0.3 is 0 Å². The Kier molecular flexibility index (Phi) is 3.78. The Morgan fingerprint density at radius 2 is 1.96 bits per heavy atom. The van der Waals surface area contributed by atoms with Crippen molar-refractivity contribution in [2.24, 2.45) is 0 Å². The second-order valence-electron chi connectivity index (χ2n) is 5.14. The molecule has 6 nitrogen and oxygen atoms in total. The Labute approximate surface area is 132 Å². The Balaban J connectivity index is 1.88. The summed E-state index contributed by atoms with van der Waals surface area (Å²) < 4.78 is 39.9. The maximum absolute atomic E-state index is 13.3. The number of halogens is 1. The van der Waals surface area contributed by atoms with E-state index in [1.54, 1.807) is 12.1 Å². The molecule has 1 atom stereocenters. The summed E-state index contributed by atoms with van der Waals surface area (Å²) >= 11 is 0. The van der Waals surface area contributed by atoms with Crippen molar-refractivity contribution in [3.8, 4) is 0 Å². The van der Waals surface area contributed by atoms with Gasteiger partial charge in [-0.3, -0.25) is 4.79 Å². The van der Waals surface area contributed by atoms with Crippen molar-refractivity contribution in [3.63, 3.8) is 0 Å². The predicted octanol–water partition coefficient (Wildman–Crippen LogP) is 1.80. The molecule has 0 spiro atoms. The quantitative estimate of drug-likeness (QED) is 0.781. The van der Waals surface area contributed by atoms with Crippen LogP contribution in [0.5, 0.6) is 0 Å². The molecule has 1 amide bonds. The third kappa shape index (κ3) is 3.03. The zero-order valence-corrected chi connectivity index (χ0v) is 12.9. The lowest BCUT2D eigenvalue weighted by atomic mass is 10.2. The van der Waals surface area contributed by atoms with E-state index in [1.165, 1.54) is 0 Å². The van der Waals surface area contributed by atoms with Crippen molar-refractivity contribution in [2.45, 2.75) is 18.0 Å². The number of para-hydroxylation sites is 1. The number of carbonyl (C=O) groups is 1. The highest BCUT2D eigenvalue weighted by Gasteiger charge is 2.33. The highest BCUT2D eigenvalue weighted by Crippen LogP contribution is 2.27. The molecular formula is C15H14FN3O3S. The highest BCUT2D eigenvalue weighted by atomic mass is 32.2. The molecule has 0 aliphatic carbocycles. The van der Waals surface area contributed by atoms with Crippen molar-refractivity contribution in [2.75, 3.05) is 10.6 Å². The summed E-state index contributed by atoms with van der Waals surface area (Å²) in [6.07, 6.45) is -1.23. The largest absolute Gasteiger partial charge is 0.360 e. The number of rotatable bonds is 2. The summed E-state index contributed by atoms with van der Waals surface area (Å²) in [5.41, 5.74) is 1.46. The van der Waals surface area contributed by atoms with Crippen LogP contribution >= 0.6 is 0 Å². The molecule has 0 fully saturated rings. The number of amides is 1. The van der Waals surface area contributed by atoms with E-state index in [9.17, 15) is 17.6 Å². The highest BCUT2D eigenvalue weighted by molar-refractivity contribution is 7.89. The lowest BCUT2D eigenvalue weighted by molar-refractivity contribution is -0.117. The molecule has 2 aromatic carbocycles. The van der Waals surface area contributed by atoms with Gasteiger partial charge in [0.2, 0.25) is 10.0 Å². The third-order valence-corrected chi connectivity index (χ3v) is 4.95. The van der Waals surface area contributed by atoms with E-state index in [0.29, 0.717) is 5.69 Å². The number of hydrogen-bond donors (Lipinski definition) is 3. The van der Waals surface area contributed by atoms with Gasteiger partial charge < -0.3 is 10.6 Å². The van der Waals surface area contributed by atoms with Gasteiger partial charge in [0.25, 0.3) is 5.91 Å². The number of sulfonamides is 1. The van der Waals surface area contributed by atoms with Crippen LogP contribution in [0, 0.1) is 12.7 Å². The van der Waals surface area contributed by atoms with Crippen molar-refractivity contribution in [3.05, 3.63) is 53.8 Å². The zero-order chi connectivity index (χ0) is 16.6. The van der Waals surface area contributed by atoms with Crippen LogP contribution in [0.4, 0.5) is 15.8 Å². The van der Waals surface area contributed by atoms with E-state index in [-0.39, 0.29) is 10.6 Å². The van der Waals surface area contributed by atoms with Crippen LogP contribution in [0.2, 0.25) is 0 Å². The van der Waals surface area contributed by atoms with Crippen LogP contribution in [0.15, 0.2) is 47.4 Å². The molecule has 23 heavy (non-hydrogen) atoms. The predicted molar refractivity (Wildman–Crippen MR) is 83.9 cm³/mol. The van der Waals surface area contributed by atoms with E-state index in [2.05, 4.69) is 15.4 Å². The normalized spacial score (nSPS) is 18.6. The fourth-order valence-electron chi connectivity index (χ4n) is 2.29. The molecule has 1 unspecified atom stereocenters. The van der Waals surface area contributed by atoms with Gasteiger partial charge in [-0.1, -0.05) is 18.2 Å². The van der Waals surface area contributed by atoms with Gasteiger partial charge in [-0.15, -0.1) is 0 Å². The van der Waals surface area contributed by atoms with Crippen LogP contribution in [0.3, 0.4) is 0 Å². The number of nitrogens with one attached hydrogen (secondary N) is 3.